The van der Waals surface area contributed by atoms with Crippen LogP contribution in [0.5, 0.6) is 0 Å². The van der Waals surface area contributed by atoms with E-state index in [-0.39, 0.29) is 0 Å². The van der Waals surface area contributed by atoms with Gasteiger partial charge in [-0.2, -0.15) is 34.8 Å². The standard InChI is InChI=1S/C16H20F6O7S/c1-10(17)13(24)29-15(16(20,21)22,12(23)9-11-5-3-2-4-6-11)28-8-7-14(18,19)30(25,26)27/h11H,1-9H2,(H,25,26,27). The molecule has 1 aliphatic rings. The summed E-state index contributed by atoms with van der Waals surface area (Å²) in [5, 5.41) is -4.91. The van der Waals surface area contributed by atoms with Crippen LogP contribution in [-0.4, -0.2) is 48.5 Å². The second kappa shape index (κ2) is 9.64. The first-order valence-electron chi connectivity index (χ1n) is 8.70. The summed E-state index contributed by atoms with van der Waals surface area (Å²) in [4.78, 5) is 23.9. The van der Waals surface area contributed by atoms with E-state index in [4.69, 9.17) is 4.55 Å². The molecule has 14 heteroatoms. The van der Waals surface area contributed by atoms with E-state index < -0.39 is 70.3 Å². The van der Waals surface area contributed by atoms with Crippen molar-refractivity contribution in [2.75, 3.05) is 6.61 Å². The van der Waals surface area contributed by atoms with E-state index in [1.807, 2.05) is 0 Å². The Hall–Kier alpha value is -1.67. The van der Waals surface area contributed by atoms with Gasteiger partial charge in [-0.3, -0.25) is 9.35 Å². The van der Waals surface area contributed by atoms with Crippen LogP contribution in [-0.2, 0) is 29.2 Å². The number of carbonyl (C=O) groups excluding carboxylic acids is 2. The molecule has 0 aromatic carbocycles. The monoisotopic (exact) mass is 470 g/mol. The summed E-state index contributed by atoms with van der Waals surface area (Å²) in [6, 6.07) is 0. The number of ketones is 1. The van der Waals surface area contributed by atoms with Gasteiger partial charge in [-0.25, -0.2) is 4.79 Å². The predicted molar refractivity (Wildman–Crippen MR) is 88.4 cm³/mol. The predicted octanol–water partition coefficient (Wildman–Crippen LogP) is 3.70. The van der Waals surface area contributed by atoms with Gasteiger partial charge in [0.15, 0.2) is 0 Å². The minimum absolute atomic E-state index is 0.379. The van der Waals surface area contributed by atoms with Gasteiger partial charge in [0.05, 0.1) is 13.0 Å². The summed E-state index contributed by atoms with van der Waals surface area (Å²) < 4.78 is 118. The minimum Gasteiger partial charge on any atom is -0.411 e. The molecule has 0 amide bonds. The van der Waals surface area contributed by atoms with Gasteiger partial charge in [-0.05, 0) is 5.92 Å². The van der Waals surface area contributed by atoms with Crippen LogP contribution in [0.3, 0.4) is 0 Å². The highest BCUT2D eigenvalue weighted by atomic mass is 32.2. The molecular weight excluding hydrogens is 450 g/mol. The van der Waals surface area contributed by atoms with Crippen molar-refractivity contribution in [3.05, 3.63) is 12.4 Å². The summed E-state index contributed by atoms with van der Waals surface area (Å²) in [5.74, 6) is -11.2. The van der Waals surface area contributed by atoms with E-state index in [1.54, 1.807) is 0 Å². The lowest BCUT2D eigenvalue weighted by Crippen LogP contribution is -2.58. The topological polar surface area (TPSA) is 107 Å². The maximum atomic E-state index is 13.7. The first-order valence-corrected chi connectivity index (χ1v) is 10.1. The first-order chi connectivity index (χ1) is 13.5. The molecule has 1 N–H and O–H groups in total. The van der Waals surface area contributed by atoms with Crippen molar-refractivity contribution < 1.29 is 58.4 Å². The molecule has 7 nitrogen and oxygen atoms in total. The number of halogens is 6. The second-order valence-corrected chi connectivity index (χ2v) is 8.30. The van der Waals surface area contributed by atoms with E-state index in [2.05, 4.69) is 16.1 Å². The fourth-order valence-electron chi connectivity index (χ4n) is 2.88. The Kier molecular flexibility index (Phi) is 8.47. The lowest BCUT2D eigenvalue weighted by atomic mass is 9.84. The molecular formula is C16H20F6O7S. The molecule has 1 saturated carbocycles. The van der Waals surface area contributed by atoms with Crippen LogP contribution in [0.15, 0.2) is 12.4 Å². The lowest BCUT2D eigenvalue weighted by Gasteiger charge is -2.34. The highest BCUT2D eigenvalue weighted by molar-refractivity contribution is 7.86. The van der Waals surface area contributed by atoms with Gasteiger partial charge >= 0.3 is 33.3 Å². The van der Waals surface area contributed by atoms with Gasteiger partial charge < -0.3 is 9.47 Å². The van der Waals surface area contributed by atoms with Crippen LogP contribution in [0.25, 0.3) is 0 Å². The van der Waals surface area contributed by atoms with Crippen molar-refractivity contribution in [3.8, 4) is 0 Å². The molecule has 1 rings (SSSR count). The summed E-state index contributed by atoms with van der Waals surface area (Å²) in [6.45, 7) is 0.657. The van der Waals surface area contributed by atoms with Gasteiger partial charge in [0.2, 0.25) is 11.6 Å². The van der Waals surface area contributed by atoms with Crippen molar-refractivity contribution in [3.63, 3.8) is 0 Å². The Morgan fingerprint density at radius 1 is 1.07 bits per heavy atom. The van der Waals surface area contributed by atoms with E-state index >= 15 is 0 Å². The van der Waals surface area contributed by atoms with Gasteiger partial charge in [0.1, 0.15) is 0 Å². The van der Waals surface area contributed by atoms with Crippen LogP contribution < -0.4 is 0 Å². The quantitative estimate of drug-likeness (QED) is 0.171. The SMILES string of the molecule is C=C(F)C(=O)OC(OCCC(F)(F)S(=O)(=O)O)(C(=O)CC1CCCCC1)C(F)(F)F. The van der Waals surface area contributed by atoms with Crippen molar-refractivity contribution in [1.29, 1.82) is 0 Å². The summed E-state index contributed by atoms with van der Waals surface area (Å²) in [7, 11) is -6.00. The third-order valence-electron chi connectivity index (χ3n) is 4.47. The van der Waals surface area contributed by atoms with E-state index in [0.29, 0.717) is 25.7 Å². The van der Waals surface area contributed by atoms with Crippen LogP contribution in [0.2, 0.25) is 0 Å². The van der Waals surface area contributed by atoms with Crippen molar-refractivity contribution >= 4 is 21.9 Å². The van der Waals surface area contributed by atoms with Crippen LogP contribution >= 0.6 is 0 Å². The number of ether oxygens (including phenoxy) is 2. The van der Waals surface area contributed by atoms with E-state index in [1.165, 1.54) is 0 Å². The number of hydrogen-bond acceptors (Lipinski definition) is 6. The van der Waals surface area contributed by atoms with E-state index in [9.17, 15) is 44.3 Å². The minimum atomic E-state index is -6.00. The number of hydrogen-bond donors (Lipinski definition) is 1. The Bertz CT molecular complexity index is 759. The smallest absolute Gasteiger partial charge is 0.411 e. The Morgan fingerprint density at radius 3 is 2.03 bits per heavy atom. The van der Waals surface area contributed by atoms with Gasteiger partial charge in [0.25, 0.3) is 0 Å². The number of rotatable bonds is 10. The van der Waals surface area contributed by atoms with Crippen LogP contribution in [0.4, 0.5) is 26.3 Å². The zero-order chi connectivity index (χ0) is 23.4. The Balaban J connectivity index is 3.20. The lowest BCUT2D eigenvalue weighted by molar-refractivity contribution is -0.347. The molecule has 0 aromatic rings. The third-order valence-corrected chi connectivity index (χ3v) is 5.43. The fraction of sp³-hybridized carbons (Fsp3) is 0.750. The second-order valence-electron chi connectivity index (χ2n) is 6.75. The maximum Gasteiger partial charge on any atom is 0.463 e. The maximum absolute atomic E-state index is 13.7. The average Bonchev–Trinajstić information content (AvgIpc) is 2.59. The van der Waals surface area contributed by atoms with Crippen LogP contribution in [0.1, 0.15) is 44.9 Å². The molecule has 0 bridgehead atoms. The zero-order valence-electron chi connectivity index (χ0n) is 15.5. The number of carbonyl (C=O) groups is 2. The normalized spacial score (nSPS) is 18.5. The van der Waals surface area contributed by atoms with Crippen molar-refractivity contribution in [2.24, 2.45) is 5.92 Å². The highest BCUT2D eigenvalue weighted by Crippen LogP contribution is 2.40. The van der Waals surface area contributed by atoms with Crippen molar-refractivity contribution in [2.45, 2.75) is 62.2 Å². The molecule has 174 valence electrons. The first kappa shape index (κ1) is 26.4. The van der Waals surface area contributed by atoms with Gasteiger partial charge in [-0.15, -0.1) is 0 Å². The molecule has 0 aromatic heterocycles. The summed E-state index contributed by atoms with van der Waals surface area (Å²) in [5.41, 5.74) is 0. The van der Waals surface area contributed by atoms with E-state index in [0.717, 1.165) is 6.42 Å². The molecule has 1 unspecified atom stereocenters. The molecule has 0 aliphatic heterocycles. The zero-order valence-corrected chi connectivity index (χ0v) is 16.3. The Labute approximate surface area is 168 Å². The number of esters is 1. The fourth-order valence-corrected chi connectivity index (χ4v) is 3.22. The highest BCUT2D eigenvalue weighted by Gasteiger charge is 2.66. The number of alkyl halides is 5. The molecule has 30 heavy (non-hydrogen) atoms. The van der Waals surface area contributed by atoms with Gasteiger partial charge in [-0.1, -0.05) is 38.7 Å². The van der Waals surface area contributed by atoms with Crippen LogP contribution in [0, 0.1) is 5.92 Å². The average molecular weight is 470 g/mol. The molecule has 0 heterocycles. The van der Waals surface area contributed by atoms with Crippen molar-refractivity contribution in [1.82, 2.24) is 0 Å². The largest absolute Gasteiger partial charge is 0.463 e. The molecule has 1 atom stereocenters. The molecule has 0 saturated heterocycles. The summed E-state index contributed by atoms with van der Waals surface area (Å²) >= 11 is 0. The Morgan fingerprint density at radius 2 is 1.60 bits per heavy atom. The number of Topliss-reactive ketones (excluding diaryl/α,β-unsaturated/α-hetero) is 1. The molecule has 1 fully saturated rings. The third kappa shape index (κ3) is 6.41. The molecule has 0 radical (unpaired) electrons. The summed E-state index contributed by atoms with van der Waals surface area (Å²) in [6.07, 6.45) is -5.83. The molecule has 0 spiro atoms. The molecule has 1 aliphatic carbocycles. The van der Waals surface area contributed by atoms with Gasteiger partial charge in [0, 0.05) is 6.42 Å².